The van der Waals surface area contributed by atoms with Crippen molar-refractivity contribution in [1.82, 2.24) is 4.98 Å². The van der Waals surface area contributed by atoms with Crippen molar-refractivity contribution in [3.05, 3.63) is 17.2 Å². The van der Waals surface area contributed by atoms with Crippen molar-refractivity contribution in [3.8, 4) is 5.75 Å². The SMILES string of the molecule is CCOc1ccc(Cl)c2sc(N)nc12. The number of aromatic nitrogens is 1. The Hall–Kier alpha value is -1.00. The molecule has 0 unspecified atom stereocenters. The van der Waals surface area contributed by atoms with Crippen LogP contribution in [0.1, 0.15) is 6.92 Å². The van der Waals surface area contributed by atoms with Crippen LogP contribution in [0.2, 0.25) is 5.02 Å². The summed E-state index contributed by atoms with van der Waals surface area (Å²) < 4.78 is 6.30. The first kappa shape index (κ1) is 9.55. The van der Waals surface area contributed by atoms with Gasteiger partial charge in [0.2, 0.25) is 0 Å². The highest BCUT2D eigenvalue weighted by molar-refractivity contribution is 7.22. The average Bonchev–Trinajstić information content (AvgIpc) is 2.53. The number of hydrogen-bond acceptors (Lipinski definition) is 4. The van der Waals surface area contributed by atoms with E-state index in [-0.39, 0.29) is 0 Å². The number of ether oxygens (including phenoxy) is 1. The number of hydrogen-bond donors (Lipinski definition) is 1. The molecule has 1 aromatic heterocycles. The Morgan fingerprint density at radius 1 is 1.57 bits per heavy atom. The molecule has 0 spiro atoms. The van der Waals surface area contributed by atoms with E-state index in [9.17, 15) is 0 Å². The second-order valence-electron chi connectivity index (χ2n) is 2.71. The summed E-state index contributed by atoms with van der Waals surface area (Å²) >= 11 is 7.38. The van der Waals surface area contributed by atoms with Gasteiger partial charge in [-0.2, -0.15) is 0 Å². The fourth-order valence-electron chi connectivity index (χ4n) is 1.24. The standard InChI is InChI=1S/C9H9ClN2OS/c1-2-13-6-4-3-5(10)8-7(6)12-9(11)14-8/h3-4H,2H2,1H3,(H2,11,12). The van der Waals surface area contributed by atoms with E-state index in [1.54, 1.807) is 6.07 Å². The van der Waals surface area contributed by atoms with Crippen LogP contribution in [0.5, 0.6) is 5.75 Å². The highest BCUT2D eigenvalue weighted by Gasteiger charge is 2.10. The zero-order valence-electron chi connectivity index (χ0n) is 7.58. The number of thiazole rings is 1. The first-order valence-electron chi connectivity index (χ1n) is 4.19. The maximum absolute atomic E-state index is 6.00. The van der Waals surface area contributed by atoms with Crippen LogP contribution in [0.4, 0.5) is 5.13 Å². The molecule has 3 nitrogen and oxygen atoms in total. The van der Waals surface area contributed by atoms with Crippen LogP contribution >= 0.6 is 22.9 Å². The molecule has 74 valence electrons. The molecule has 0 atom stereocenters. The predicted octanol–water partition coefficient (Wildman–Crippen LogP) is 2.93. The van der Waals surface area contributed by atoms with E-state index in [4.69, 9.17) is 22.1 Å². The summed E-state index contributed by atoms with van der Waals surface area (Å²) in [7, 11) is 0. The van der Waals surface area contributed by atoms with Crippen LogP contribution in [-0.2, 0) is 0 Å². The normalized spacial score (nSPS) is 10.7. The van der Waals surface area contributed by atoms with Crippen molar-refractivity contribution in [3.63, 3.8) is 0 Å². The first-order valence-corrected chi connectivity index (χ1v) is 5.39. The van der Waals surface area contributed by atoms with E-state index in [1.807, 2.05) is 13.0 Å². The molecule has 0 saturated carbocycles. The second-order valence-corrected chi connectivity index (χ2v) is 4.15. The minimum atomic E-state index is 0.508. The van der Waals surface area contributed by atoms with Crippen LogP contribution in [0, 0.1) is 0 Å². The smallest absolute Gasteiger partial charge is 0.181 e. The molecule has 0 fully saturated rings. The zero-order chi connectivity index (χ0) is 10.1. The number of rotatable bonds is 2. The Morgan fingerprint density at radius 2 is 2.36 bits per heavy atom. The molecule has 2 N–H and O–H groups in total. The van der Waals surface area contributed by atoms with Crippen molar-refractivity contribution in [1.29, 1.82) is 0 Å². The van der Waals surface area contributed by atoms with E-state index in [0.717, 1.165) is 16.0 Å². The van der Waals surface area contributed by atoms with E-state index >= 15 is 0 Å². The van der Waals surface area contributed by atoms with Gasteiger partial charge in [-0.1, -0.05) is 22.9 Å². The average molecular weight is 229 g/mol. The predicted molar refractivity (Wildman–Crippen MR) is 60.2 cm³/mol. The lowest BCUT2D eigenvalue weighted by Gasteiger charge is -2.03. The Balaban J connectivity index is 2.68. The Bertz CT molecular complexity index is 469. The molecule has 0 aliphatic heterocycles. The van der Waals surface area contributed by atoms with Crippen LogP contribution in [-0.4, -0.2) is 11.6 Å². The van der Waals surface area contributed by atoms with Gasteiger partial charge in [-0.3, -0.25) is 0 Å². The molecule has 0 saturated heterocycles. The molecular weight excluding hydrogens is 220 g/mol. The summed E-state index contributed by atoms with van der Waals surface area (Å²) in [5.74, 6) is 0.736. The molecule has 1 heterocycles. The molecule has 14 heavy (non-hydrogen) atoms. The number of anilines is 1. The lowest BCUT2D eigenvalue weighted by Crippen LogP contribution is -1.92. The van der Waals surface area contributed by atoms with Gasteiger partial charge in [0.25, 0.3) is 0 Å². The highest BCUT2D eigenvalue weighted by atomic mass is 35.5. The van der Waals surface area contributed by atoms with Crippen LogP contribution < -0.4 is 10.5 Å². The van der Waals surface area contributed by atoms with Crippen LogP contribution in [0.3, 0.4) is 0 Å². The number of halogens is 1. The third-order valence-corrected chi connectivity index (χ3v) is 3.12. The number of benzene rings is 1. The van der Waals surface area contributed by atoms with E-state index < -0.39 is 0 Å². The Morgan fingerprint density at radius 3 is 3.07 bits per heavy atom. The minimum absolute atomic E-state index is 0.508. The van der Waals surface area contributed by atoms with E-state index in [1.165, 1.54) is 11.3 Å². The summed E-state index contributed by atoms with van der Waals surface area (Å²) in [6, 6.07) is 3.61. The molecule has 0 radical (unpaired) electrons. The van der Waals surface area contributed by atoms with Crippen molar-refractivity contribution in [2.24, 2.45) is 0 Å². The van der Waals surface area contributed by atoms with E-state index in [2.05, 4.69) is 4.98 Å². The van der Waals surface area contributed by atoms with Gasteiger partial charge in [0.1, 0.15) is 11.3 Å². The van der Waals surface area contributed by atoms with Crippen molar-refractivity contribution < 1.29 is 4.74 Å². The van der Waals surface area contributed by atoms with Gasteiger partial charge >= 0.3 is 0 Å². The zero-order valence-corrected chi connectivity index (χ0v) is 9.15. The molecule has 5 heteroatoms. The first-order chi connectivity index (χ1) is 6.72. The molecule has 0 aliphatic carbocycles. The van der Waals surface area contributed by atoms with Crippen molar-refractivity contribution in [2.45, 2.75) is 6.92 Å². The van der Waals surface area contributed by atoms with Crippen molar-refractivity contribution >= 4 is 38.3 Å². The molecule has 0 aliphatic rings. The number of nitrogen functional groups attached to an aromatic ring is 1. The summed E-state index contributed by atoms with van der Waals surface area (Å²) in [5.41, 5.74) is 6.37. The minimum Gasteiger partial charge on any atom is -0.492 e. The quantitative estimate of drug-likeness (QED) is 0.860. The van der Waals surface area contributed by atoms with E-state index in [0.29, 0.717) is 16.8 Å². The van der Waals surface area contributed by atoms with Gasteiger partial charge < -0.3 is 10.5 Å². The van der Waals surface area contributed by atoms with Gasteiger partial charge in [0.15, 0.2) is 5.13 Å². The molecule has 2 aromatic rings. The summed E-state index contributed by atoms with van der Waals surface area (Å²) in [5, 5.41) is 1.17. The van der Waals surface area contributed by atoms with Gasteiger partial charge in [-0.25, -0.2) is 4.98 Å². The topological polar surface area (TPSA) is 48.1 Å². The Labute approximate surface area is 90.5 Å². The van der Waals surface area contributed by atoms with Gasteiger partial charge in [0.05, 0.1) is 16.3 Å². The fourth-order valence-corrected chi connectivity index (χ4v) is 2.26. The maximum atomic E-state index is 6.00. The largest absolute Gasteiger partial charge is 0.492 e. The lowest BCUT2D eigenvalue weighted by atomic mass is 10.3. The fraction of sp³-hybridized carbons (Fsp3) is 0.222. The molecule has 2 rings (SSSR count). The highest BCUT2D eigenvalue weighted by Crippen LogP contribution is 2.36. The molecular formula is C9H9ClN2OS. The molecule has 0 bridgehead atoms. The molecule has 1 aromatic carbocycles. The number of fused-ring (bicyclic) bond motifs is 1. The van der Waals surface area contributed by atoms with Crippen molar-refractivity contribution in [2.75, 3.05) is 12.3 Å². The third-order valence-electron chi connectivity index (χ3n) is 1.77. The lowest BCUT2D eigenvalue weighted by molar-refractivity contribution is 0.344. The Kier molecular flexibility index (Phi) is 2.48. The summed E-state index contributed by atoms with van der Waals surface area (Å²) in [6.45, 7) is 2.53. The molecule has 0 amide bonds. The summed E-state index contributed by atoms with van der Waals surface area (Å²) in [4.78, 5) is 4.18. The third kappa shape index (κ3) is 1.51. The van der Waals surface area contributed by atoms with Crippen LogP contribution in [0.25, 0.3) is 10.2 Å². The number of nitrogens with zero attached hydrogens (tertiary/aromatic N) is 1. The summed E-state index contributed by atoms with van der Waals surface area (Å²) in [6.07, 6.45) is 0. The van der Waals surface area contributed by atoms with Gasteiger partial charge in [-0.05, 0) is 19.1 Å². The maximum Gasteiger partial charge on any atom is 0.181 e. The van der Waals surface area contributed by atoms with Gasteiger partial charge in [-0.15, -0.1) is 0 Å². The van der Waals surface area contributed by atoms with Crippen LogP contribution in [0.15, 0.2) is 12.1 Å². The van der Waals surface area contributed by atoms with Gasteiger partial charge in [0, 0.05) is 0 Å². The number of nitrogens with two attached hydrogens (primary N) is 1. The second kappa shape index (κ2) is 3.63. The monoisotopic (exact) mass is 228 g/mol.